The average molecular weight is 661 g/mol. The molecule has 0 radical (unpaired) electrons. The molecule has 2 aromatic carbocycles. The monoisotopic (exact) mass is 660 g/mol. The summed E-state index contributed by atoms with van der Waals surface area (Å²) in [6, 6.07) is 14.5. The number of nitrogens with zero attached hydrogens (tertiary/aromatic N) is 2. The summed E-state index contributed by atoms with van der Waals surface area (Å²) in [5.41, 5.74) is 1.27. The maximum atomic E-state index is 14.0. The van der Waals surface area contributed by atoms with E-state index in [0.29, 0.717) is 31.6 Å². The van der Waals surface area contributed by atoms with Crippen LogP contribution in [-0.2, 0) is 40.3 Å². The number of fused-ring (bicyclic) bond motifs is 1. The number of hydroxylamine groups is 1. The van der Waals surface area contributed by atoms with Gasteiger partial charge in [0.15, 0.2) is 6.29 Å². The molecule has 2 aliphatic heterocycles. The van der Waals surface area contributed by atoms with Gasteiger partial charge in [-0.25, -0.2) is 13.2 Å². The van der Waals surface area contributed by atoms with Crippen molar-refractivity contribution in [2.24, 2.45) is 5.92 Å². The fourth-order valence-corrected chi connectivity index (χ4v) is 7.22. The third-order valence-electron chi connectivity index (χ3n) is 8.56. The van der Waals surface area contributed by atoms with Crippen LogP contribution in [-0.4, -0.2) is 106 Å². The Morgan fingerprint density at radius 2 is 1.80 bits per heavy atom. The lowest BCUT2D eigenvalue weighted by molar-refractivity contribution is -0.145. The summed E-state index contributed by atoms with van der Waals surface area (Å²) < 4.78 is 45.7. The fourth-order valence-electron chi connectivity index (χ4n) is 5.88. The van der Waals surface area contributed by atoms with Crippen LogP contribution in [0.5, 0.6) is 0 Å². The Balaban J connectivity index is 1.34. The first-order valence-corrected chi connectivity index (χ1v) is 17.2. The molecule has 0 bridgehead atoms. The minimum Gasteiger partial charge on any atom is -0.443 e. The molecule has 3 aliphatic rings. The van der Waals surface area contributed by atoms with Crippen LogP contribution in [0.3, 0.4) is 0 Å². The second kappa shape index (κ2) is 15.5. The standard InChI is InChI=1S/C32H44N4O9S/c1-35(2)30(38)19-33-23-11-8-14-25(18-23)46(40,41)36(45-24-12-6-7-13-24)20-28(37)27(17-22-9-4-3-5-10-22)34-32(39)44-29-21-43-31-26(29)15-16-42-31/h3-5,8-11,14,18,24,26-29,31,33,37H,6-7,12-13,15-17,19-21H2,1-2H3,(H,34,39)/t26-,27+,28-,29-,31+/m1/s1. The smallest absolute Gasteiger partial charge is 0.407 e. The number of benzene rings is 2. The molecule has 2 amide bonds. The van der Waals surface area contributed by atoms with Crippen molar-refractivity contribution in [3.8, 4) is 0 Å². The van der Waals surface area contributed by atoms with Gasteiger partial charge < -0.3 is 34.9 Å². The van der Waals surface area contributed by atoms with Gasteiger partial charge >= 0.3 is 6.09 Å². The van der Waals surface area contributed by atoms with Gasteiger partial charge in [-0.3, -0.25) is 9.63 Å². The number of hydrogen-bond acceptors (Lipinski definition) is 10. The van der Waals surface area contributed by atoms with E-state index in [4.69, 9.17) is 19.0 Å². The molecule has 13 nitrogen and oxygen atoms in total. The summed E-state index contributed by atoms with van der Waals surface area (Å²) in [6.45, 7) is 0.290. The van der Waals surface area contributed by atoms with Gasteiger partial charge in [0.25, 0.3) is 10.0 Å². The number of hydrogen-bond donors (Lipinski definition) is 3. The van der Waals surface area contributed by atoms with Crippen LogP contribution in [0, 0.1) is 5.92 Å². The number of amides is 2. The molecular weight excluding hydrogens is 616 g/mol. The number of carbonyl (C=O) groups is 2. The highest BCUT2D eigenvalue weighted by molar-refractivity contribution is 7.89. The zero-order valence-electron chi connectivity index (χ0n) is 26.2. The zero-order valence-corrected chi connectivity index (χ0v) is 27.1. The number of nitrogens with one attached hydrogen (secondary N) is 2. The Hall–Kier alpha value is -3.27. The van der Waals surface area contributed by atoms with Crippen molar-refractivity contribution >= 4 is 27.7 Å². The van der Waals surface area contributed by atoms with Crippen LogP contribution in [0.25, 0.3) is 0 Å². The zero-order chi connectivity index (χ0) is 32.7. The number of rotatable bonds is 14. The number of carbonyl (C=O) groups excluding carboxylic acids is 2. The number of aliphatic hydroxyl groups is 1. The number of sulfonamides is 1. The highest BCUT2D eigenvalue weighted by Crippen LogP contribution is 2.33. The first-order valence-electron chi connectivity index (χ1n) is 15.8. The normalized spacial score (nSPS) is 22.7. The number of likely N-dealkylation sites (N-methyl/N-ethyl adjacent to an activating group) is 1. The number of alkyl carbamates (subject to hydrolysis) is 1. The first kappa shape index (κ1) is 34.1. The lowest BCUT2D eigenvalue weighted by Gasteiger charge is -2.31. The van der Waals surface area contributed by atoms with Crippen molar-refractivity contribution in [1.29, 1.82) is 0 Å². The molecule has 2 saturated heterocycles. The molecule has 46 heavy (non-hydrogen) atoms. The van der Waals surface area contributed by atoms with Crippen LogP contribution < -0.4 is 10.6 Å². The third-order valence-corrected chi connectivity index (χ3v) is 10.2. The Bertz CT molecular complexity index is 1420. The second-order valence-electron chi connectivity index (χ2n) is 12.1. The first-order chi connectivity index (χ1) is 22.1. The van der Waals surface area contributed by atoms with Gasteiger partial charge in [0.05, 0.1) is 55.4 Å². The molecule has 3 N–H and O–H groups in total. The molecule has 1 saturated carbocycles. The molecule has 0 spiro atoms. The Morgan fingerprint density at radius 3 is 2.54 bits per heavy atom. The van der Waals surface area contributed by atoms with Crippen molar-refractivity contribution < 1.29 is 42.2 Å². The van der Waals surface area contributed by atoms with Gasteiger partial charge in [0.1, 0.15) is 6.10 Å². The lowest BCUT2D eigenvalue weighted by Crippen LogP contribution is -2.51. The van der Waals surface area contributed by atoms with E-state index in [0.717, 1.165) is 22.9 Å². The van der Waals surface area contributed by atoms with E-state index in [2.05, 4.69) is 10.6 Å². The Labute approximate surface area is 270 Å². The summed E-state index contributed by atoms with van der Waals surface area (Å²) in [5.74, 6) is -0.232. The number of ether oxygens (including phenoxy) is 3. The molecule has 5 atom stereocenters. The number of aliphatic hydroxyl groups excluding tert-OH is 1. The van der Waals surface area contributed by atoms with E-state index >= 15 is 0 Å². The summed E-state index contributed by atoms with van der Waals surface area (Å²) in [4.78, 5) is 32.6. The van der Waals surface area contributed by atoms with Gasteiger partial charge in [-0.2, -0.15) is 0 Å². The van der Waals surface area contributed by atoms with E-state index in [9.17, 15) is 23.1 Å². The highest BCUT2D eigenvalue weighted by Gasteiger charge is 2.44. The van der Waals surface area contributed by atoms with E-state index in [1.54, 1.807) is 26.2 Å². The van der Waals surface area contributed by atoms with Gasteiger partial charge in [-0.1, -0.05) is 53.7 Å². The van der Waals surface area contributed by atoms with Gasteiger partial charge in [-0.05, 0) is 49.4 Å². The van der Waals surface area contributed by atoms with Crippen molar-refractivity contribution in [2.75, 3.05) is 45.7 Å². The molecule has 14 heteroatoms. The second-order valence-corrected chi connectivity index (χ2v) is 14.0. The molecule has 0 unspecified atom stereocenters. The minimum atomic E-state index is -4.28. The van der Waals surface area contributed by atoms with E-state index in [-0.39, 0.29) is 42.4 Å². The van der Waals surface area contributed by atoms with E-state index in [1.165, 1.54) is 17.0 Å². The van der Waals surface area contributed by atoms with Crippen molar-refractivity contribution in [3.63, 3.8) is 0 Å². The van der Waals surface area contributed by atoms with Crippen LogP contribution in [0.4, 0.5) is 10.5 Å². The van der Waals surface area contributed by atoms with Crippen molar-refractivity contribution in [1.82, 2.24) is 14.7 Å². The predicted octanol–water partition coefficient (Wildman–Crippen LogP) is 2.51. The van der Waals surface area contributed by atoms with Crippen LogP contribution >= 0.6 is 0 Å². The molecule has 5 rings (SSSR count). The SMILES string of the molecule is CN(C)C(=O)CNc1cccc(S(=O)(=O)N(C[C@@H](O)[C@H](Cc2ccccc2)NC(=O)O[C@@H]2CO[C@@H]3OCC[C@@H]32)OC2CCCC2)c1. The third kappa shape index (κ3) is 8.75. The van der Waals surface area contributed by atoms with Crippen LogP contribution in [0.15, 0.2) is 59.5 Å². The molecule has 2 aromatic rings. The molecule has 2 heterocycles. The van der Waals surface area contributed by atoms with E-state index < -0.39 is 47.2 Å². The highest BCUT2D eigenvalue weighted by atomic mass is 32.2. The fraction of sp³-hybridized carbons (Fsp3) is 0.562. The average Bonchev–Trinajstić information content (AvgIpc) is 3.81. The van der Waals surface area contributed by atoms with E-state index in [1.807, 2.05) is 30.3 Å². The van der Waals surface area contributed by atoms with Crippen molar-refractivity contribution in [3.05, 3.63) is 60.2 Å². The van der Waals surface area contributed by atoms with Gasteiger partial charge in [0.2, 0.25) is 5.91 Å². The van der Waals surface area contributed by atoms with Gasteiger partial charge in [0, 0.05) is 19.8 Å². The molecule has 0 aromatic heterocycles. The van der Waals surface area contributed by atoms with Crippen molar-refractivity contribution in [2.45, 2.75) is 74.1 Å². The molecule has 252 valence electrons. The summed E-state index contributed by atoms with van der Waals surface area (Å²) >= 11 is 0. The molecule has 1 aliphatic carbocycles. The molecule has 3 fully saturated rings. The largest absolute Gasteiger partial charge is 0.443 e. The maximum Gasteiger partial charge on any atom is 0.407 e. The number of anilines is 1. The Kier molecular flexibility index (Phi) is 11.5. The van der Waals surface area contributed by atoms with Gasteiger partial charge in [-0.15, -0.1) is 0 Å². The lowest BCUT2D eigenvalue weighted by atomic mass is 10.0. The molecular formula is C32H44N4O9S. The van der Waals surface area contributed by atoms with Crippen LogP contribution in [0.1, 0.15) is 37.7 Å². The summed E-state index contributed by atoms with van der Waals surface area (Å²) in [7, 11) is -1.01. The quantitative estimate of drug-likeness (QED) is 0.258. The van der Waals surface area contributed by atoms with Crippen LogP contribution in [0.2, 0.25) is 0 Å². The minimum absolute atomic E-state index is 0.0121. The Morgan fingerprint density at radius 1 is 1.04 bits per heavy atom. The predicted molar refractivity (Wildman–Crippen MR) is 168 cm³/mol. The summed E-state index contributed by atoms with van der Waals surface area (Å²) in [6.07, 6.45) is 0.781. The topological polar surface area (TPSA) is 156 Å². The summed E-state index contributed by atoms with van der Waals surface area (Å²) in [5, 5.41) is 17.3. The maximum absolute atomic E-state index is 14.0.